The maximum Gasteiger partial charge on any atom is 0.373 e. The van der Waals surface area contributed by atoms with Gasteiger partial charge < -0.3 is 0 Å². The molecule has 0 saturated carbocycles. The van der Waals surface area contributed by atoms with Crippen molar-refractivity contribution in [3.05, 3.63) is 0 Å². The second-order valence-corrected chi connectivity index (χ2v) is 35.8. The van der Waals surface area contributed by atoms with E-state index in [2.05, 4.69) is 17.9 Å². The van der Waals surface area contributed by atoms with E-state index in [0.717, 1.165) is 0 Å². The van der Waals surface area contributed by atoms with Gasteiger partial charge in [0, 0.05) is 0 Å². The van der Waals surface area contributed by atoms with Gasteiger partial charge in [-0.25, -0.2) is 0 Å². The lowest BCUT2D eigenvalue weighted by Gasteiger charge is -2.30. The molecule has 0 aromatic heterocycles. The summed E-state index contributed by atoms with van der Waals surface area (Å²) in [7, 11) is -2.55. The maximum atomic E-state index is 12.4. The minimum Gasteiger partial charge on any atom is -0.270 e. The standard InChI is InChI=1S/C5H13O4P8.C5H14O4P8/c1-10-17(9)5(14(2)11-6,15(3)12-7)16(4)13-8;6-14-12-1-5(2-13-15-7,3-16(8)10)4-17(9)11/h10H,1-4H3;12-13H,1-4,10-11H2/q+1;+2. The summed E-state index contributed by atoms with van der Waals surface area (Å²) in [6, 6.07) is 0. The van der Waals surface area contributed by atoms with E-state index in [1.807, 2.05) is 6.66 Å². The Morgan fingerprint density at radius 3 is 1.26 bits per heavy atom. The first kappa shape index (κ1) is 40.4. The average Bonchev–Trinajstić information content (AvgIpc) is 2.80. The van der Waals surface area contributed by atoms with E-state index >= 15 is 0 Å². The molecule has 11 unspecified atom stereocenters. The van der Waals surface area contributed by atoms with Crippen LogP contribution in [0.15, 0.2) is 0 Å². The fraction of sp³-hybridized carbons (Fsp3) is 1.00. The van der Waals surface area contributed by atoms with Crippen LogP contribution in [-0.2, 0) is 36.5 Å². The molecule has 0 saturated heterocycles. The van der Waals surface area contributed by atoms with Crippen LogP contribution in [-0.4, -0.2) is 55.7 Å². The minimum atomic E-state index is -1.62. The van der Waals surface area contributed by atoms with Gasteiger partial charge in [0.2, 0.25) is 4.38 Å². The van der Waals surface area contributed by atoms with Crippen molar-refractivity contribution in [2.45, 2.75) is 4.38 Å². The lowest BCUT2D eigenvalue weighted by molar-refractivity contribution is 0.487. The first-order valence-electron chi connectivity index (χ1n) is 8.74. The molecule has 192 valence electrons. The Hall–Kier alpha value is 4.24. The highest BCUT2D eigenvalue weighted by Gasteiger charge is 2.62. The first-order valence-corrected chi connectivity index (χ1v) is 34.1. The predicted molar refractivity (Wildman–Crippen MR) is 174 cm³/mol. The molecule has 0 amide bonds. The molecule has 0 aliphatic heterocycles. The summed E-state index contributed by atoms with van der Waals surface area (Å²) in [5.41, 5.74) is -0.351. The van der Waals surface area contributed by atoms with Crippen molar-refractivity contribution < 1.29 is 36.5 Å². The smallest absolute Gasteiger partial charge is 0.270 e. The lowest BCUT2D eigenvalue weighted by atomic mass is 9.99. The molecule has 0 aliphatic rings. The molecule has 24 heteroatoms. The van der Waals surface area contributed by atoms with E-state index in [1.165, 1.54) is 0 Å². The number of hydrogen-bond acceptors (Lipinski definition) is 8. The van der Waals surface area contributed by atoms with Crippen molar-refractivity contribution in [1.82, 2.24) is 0 Å². The van der Waals surface area contributed by atoms with Crippen LogP contribution >= 0.6 is 129 Å². The van der Waals surface area contributed by atoms with E-state index in [9.17, 15) is 36.5 Å². The molecule has 0 aliphatic carbocycles. The largest absolute Gasteiger partial charge is 0.373 e. The molecule has 0 heterocycles. The van der Waals surface area contributed by atoms with Gasteiger partial charge in [-0.05, 0) is 55.5 Å². The lowest BCUT2D eigenvalue weighted by Crippen LogP contribution is -2.30. The molecule has 34 heavy (non-hydrogen) atoms. The van der Waals surface area contributed by atoms with Crippen LogP contribution in [0.3, 0.4) is 0 Å². The van der Waals surface area contributed by atoms with Gasteiger partial charge in [-0.15, -0.1) is 0 Å². The Bertz CT molecular complexity index is 683. The third kappa shape index (κ3) is 14.2. The van der Waals surface area contributed by atoms with Crippen LogP contribution in [0, 0.1) is 5.41 Å². The monoisotopic (exact) mass is 771 g/mol. The van der Waals surface area contributed by atoms with Gasteiger partial charge in [0.05, 0.1) is 28.2 Å². The van der Waals surface area contributed by atoms with Gasteiger partial charge >= 0.3 is 22.5 Å². The second kappa shape index (κ2) is 22.9. The van der Waals surface area contributed by atoms with E-state index in [0.29, 0.717) is 24.6 Å². The third-order valence-electron chi connectivity index (χ3n) is 4.17. The molecule has 0 fully saturated rings. The van der Waals surface area contributed by atoms with E-state index < -0.39 is 49.7 Å². The van der Waals surface area contributed by atoms with Gasteiger partial charge in [-0.2, -0.15) is 0 Å². The molecule has 0 aromatic carbocycles. The third-order valence-corrected chi connectivity index (χ3v) is 38.1. The van der Waals surface area contributed by atoms with Crippen molar-refractivity contribution in [2.75, 3.05) is 51.3 Å². The Kier molecular flexibility index (Phi) is 27.2. The fourth-order valence-corrected chi connectivity index (χ4v) is 46.3. The summed E-state index contributed by atoms with van der Waals surface area (Å²) in [4.78, 5) is 0. The quantitative estimate of drug-likeness (QED) is 0.126. The Morgan fingerprint density at radius 1 is 0.735 bits per heavy atom. The van der Waals surface area contributed by atoms with E-state index in [4.69, 9.17) is 0 Å². The second-order valence-electron chi connectivity index (χ2n) is 6.44. The molecule has 0 spiro atoms. The Morgan fingerprint density at radius 2 is 1.06 bits per heavy atom. The summed E-state index contributed by atoms with van der Waals surface area (Å²) >= 11 is 0. The first-order chi connectivity index (χ1) is 15.9. The summed E-state index contributed by atoms with van der Waals surface area (Å²) < 4.78 is 89.4. The van der Waals surface area contributed by atoms with Gasteiger partial charge in [0.1, 0.15) is 26.1 Å². The normalized spacial score (nSPS) is 20.5. The molecule has 11 atom stereocenters. The average molecular weight is 771 g/mol. The van der Waals surface area contributed by atoms with Crippen LogP contribution in [0.5, 0.6) is 0 Å². The van der Waals surface area contributed by atoms with Gasteiger partial charge in [-0.3, -0.25) is 22.8 Å². The SMILES string of the molecule is CP[P+](=O)C(P(C)P=O)(P(C)P=O)P(C)P=O.O=PPCC(CPP=O)(C[P+](=O)P)C[P+](=O)P. The van der Waals surface area contributed by atoms with Crippen molar-refractivity contribution in [1.29, 1.82) is 0 Å². The van der Waals surface area contributed by atoms with Crippen molar-refractivity contribution in [3.8, 4) is 0 Å². The van der Waals surface area contributed by atoms with Crippen LogP contribution in [0.4, 0.5) is 0 Å². The van der Waals surface area contributed by atoms with Gasteiger partial charge in [0.15, 0.2) is 53.1 Å². The zero-order chi connectivity index (χ0) is 26.9. The van der Waals surface area contributed by atoms with Crippen LogP contribution in [0.2, 0.25) is 0 Å². The van der Waals surface area contributed by atoms with Crippen molar-refractivity contribution >= 4 is 129 Å². The van der Waals surface area contributed by atoms with E-state index in [1.54, 1.807) is 20.0 Å². The van der Waals surface area contributed by atoms with Gasteiger partial charge in [0.25, 0.3) is 0 Å². The van der Waals surface area contributed by atoms with Crippen molar-refractivity contribution in [2.24, 2.45) is 5.41 Å². The molecule has 0 radical (unpaired) electrons. The predicted octanol–water partition coefficient (Wildman–Crippen LogP) is 11.6. The van der Waals surface area contributed by atoms with E-state index in [-0.39, 0.29) is 71.0 Å². The fourth-order valence-electron chi connectivity index (χ4n) is 2.73. The van der Waals surface area contributed by atoms with Crippen LogP contribution in [0.1, 0.15) is 0 Å². The summed E-state index contributed by atoms with van der Waals surface area (Å²) in [5, 5.41) is 0. The Balaban J connectivity index is 0. The Labute approximate surface area is 225 Å². The molecule has 0 aromatic rings. The topological polar surface area (TPSA) is 137 Å². The maximum absolute atomic E-state index is 12.4. The zero-order valence-electron chi connectivity index (χ0n) is 18.7. The zero-order valence-corrected chi connectivity index (χ0v) is 33.8. The number of rotatable bonds is 18. The highest BCUT2D eigenvalue weighted by atomic mass is 32.1. The minimum absolute atomic E-state index is 0.0522. The van der Waals surface area contributed by atoms with Crippen molar-refractivity contribution in [3.63, 3.8) is 0 Å². The highest BCUT2D eigenvalue weighted by Crippen LogP contribution is 2.95. The van der Waals surface area contributed by atoms with Crippen LogP contribution in [0.25, 0.3) is 0 Å². The molecule has 0 N–H and O–H groups in total. The summed E-state index contributed by atoms with van der Waals surface area (Å²) in [5.74, 6) is 0. The molecule has 0 bridgehead atoms. The molecular formula is C10H27O8P16+3. The summed E-state index contributed by atoms with van der Waals surface area (Å²) in [6.45, 7) is 7.22. The highest BCUT2D eigenvalue weighted by molar-refractivity contribution is 8.47. The number of hydrogen-bond donors (Lipinski definition) is 0. The summed E-state index contributed by atoms with van der Waals surface area (Å²) in [6.07, 6.45) is 2.14. The van der Waals surface area contributed by atoms with Crippen LogP contribution < -0.4 is 0 Å². The molecule has 0 rings (SSSR count). The molecular weight excluding hydrogens is 744 g/mol. The molecule has 8 nitrogen and oxygen atoms in total. The van der Waals surface area contributed by atoms with Gasteiger partial charge in [-0.1, -0.05) is 13.7 Å².